The third kappa shape index (κ3) is 4.68. The zero-order chi connectivity index (χ0) is 15.0. The van der Waals surface area contributed by atoms with Gasteiger partial charge in [0.15, 0.2) is 0 Å². The molecular weight excluding hydrogens is 260 g/mol. The first kappa shape index (κ1) is 15.6. The van der Waals surface area contributed by atoms with E-state index in [-0.39, 0.29) is 6.42 Å². The Labute approximate surface area is 116 Å². The molecule has 0 saturated carbocycles. The van der Waals surface area contributed by atoms with Crippen molar-refractivity contribution in [1.82, 2.24) is 0 Å². The van der Waals surface area contributed by atoms with Gasteiger partial charge in [0.25, 0.3) is 0 Å². The normalized spacial score (nSPS) is 11.4. The van der Waals surface area contributed by atoms with E-state index < -0.39 is 17.9 Å². The molecule has 1 amide bonds. The van der Waals surface area contributed by atoms with Gasteiger partial charge >= 0.3 is 0 Å². The highest BCUT2D eigenvalue weighted by Crippen LogP contribution is 2.13. The van der Waals surface area contributed by atoms with E-state index in [0.29, 0.717) is 24.3 Å². The van der Waals surface area contributed by atoms with Crippen molar-refractivity contribution >= 4 is 17.6 Å². The topological polar surface area (TPSA) is 137 Å². The summed E-state index contributed by atoms with van der Waals surface area (Å²) >= 11 is 0. The van der Waals surface area contributed by atoms with Gasteiger partial charge in [0.2, 0.25) is 5.91 Å². The Kier molecular flexibility index (Phi) is 6.16. The van der Waals surface area contributed by atoms with Gasteiger partial charge in [-0.25, -0.2) is 0 Å². The lowest BCUT2D eigenvalue weighted by atomic mass is 10.1. The summed E-state index contributed by atoms with van der Waals surface area (Å²) in [5, 5.41) is 23.9. The van der Waals surface area contributed by atoms with E-state index in [2.05, 4.69) is 11.1 Å². The lowest BCUT2D eigenvalue weighted by molar-refractivity contribution is -0.695. The van der Waals surface area contributed by atoms with Crippen molar-refractivity contribution in [3.8, 4) is 6.07 Å². The lowest BCUT2D eigenvalue weighted by Gasteiger charge is -2.15. The number of nitrogens with two attached hydrogens (primary N) is 1. The third-order valence-electron chi connectivity index (χ3n) is 2.68. The number of nitriles is 1. The molecule has 0 fully saturated rings. The van der Waals surface area contributed by atoms with Crippen LogP contribution in [0.3, 0.4) is 0 Å². The van der Waals surface area contributed by atoms with Crippen LogP contribution >= 0.6 is 0 Å². The van der Waals surface area contributed by atoms with Crippen LogP contribution in [0.2, 0.25) is 0 Å². The van der Waals surface area contributed by atoms with Crippen LogP contribution < -0.4 is 21.5 Å². The first-order valence-corrected chi connectivity index (χ1v) is 6.21. The number of quaternary nitrogens is 2. The zero-order valence-electron chi connectivity index (χ0n) is 11.0. The Hall–Kier alpha value is -2.43. The Morgan fingerprint density at radius 1 is 1.45 bits per heavy atom. The van der Waals surface area contributed by atoms with Crippen molar-refractivity contribution in [2.45, 2.75) is 12.5 Å². The quantitative estimate of drug-likeness (QED) is 0.483. The standard InChI is InChI=1S/C13H16N4O3/c14-5-6-16-11(13(19)20)7-12(18)17-10-4-2-1-3-9(10)8-15/h1-4,11,16H,5-7,14H2,(H,17,18)(H,19,20)/p+1/t11-/m1/s1. The average Bonchev–Trinajstić information content (AvgIpc) is 2.43. The molecule has 0 spiro atoms. The fourth-order valence-electron chi connectivity index (χ4n) is 1.67. The molecule has 6 N–H and O–H groups in total. The number of para-hydroxylation sites is 1. The van der Waals surface area contributed by atoms with Gasteiger partial charge in [0.1, 0.15) is 25.2 Å². The molecule has 1 aromatic rings. The lowest BCUT2D eigenvalue weighted by Crippen LogP contribution is -2.95. The molecule has 0 unspecified atom stereocenters. The second-order valence-corrected chi connectivity index (χ2v) is 4.21. The molecule has 7 heteroatoms. The van der Waals surface area contributed by atoms with E-state index in [4.69, 9.17) is 5.26 Å². The minimum absolute atomic E-state index is 0.220. The first-order valence-electron chi connectivity index (χ1n) is 6.21. The van der Waals surface area contributed by atoms with Gasteiger partial charge in [0, 0.05) is 0 Å². The molecule has 7 nitrogen and oxygen atoms in total. The number of rotatable bonds is 7. The van der Waals surface area contributed by atoms with Gasteiger partial charge < -0.3 is 26.3 Å². The van der Waals surface area contributed by atoms with Gasteiger partial charge in [0.05, 0.1) is 23.6 Å². The number of carboxylic acid groups (broad SMARTS) is 1. The van der Waals surface area contributed by atoms with E-state index >= 15 is 0 Å². The van der Waals surface area contributed by atoms with Crippen LogP contribution in [0.4, 0.5) is 5.69 Å². The Morgan fingerprint density at radius 2 is 2.15 bits per heavy atom. The van der Waals surface area contributed by atoms with Crippen molar-refractivity contribution in [3.05, 3.63) is 29.8 Å². The van der Waals surface area contributed by atoms with E-state index in [9.17, 15) is 14.7 Å². The maximum atomic E-state index is 11.8. The van der Waals surface area contributed by atoms with Crippen molar-refractivity contribution in [1.29, 1.82) is 5.26 Å². The number of nitrogens with one attached hydrogen (secondary N) is 1. The monoisotopic (exact) mass is 277 g/mol. The molecule has 0 aliphatic rings. The number of benzene rings is 1. The van der Waals surface area contributed by atoms with E-state index in [1.54, 1.807) is 24.3 Å². The smallest absolute Gasteiger partial charge is 0.230 e. The largest absolute Gasteiger partial charge is 0.544 e. The summed E-state index contributed by atoms with van der Waals surface area (Å²) in [6, 6.07) is 7.52. The highest BCUT2D eigenvalue weighted by Gasteiger charge is 2.18. The van der Waals surface area contributed by atoms with E-state index in [0.717, 1.165) is 0 Å². The average molecular weight is 277 g/mol. The first-order chi connectivity index (χ1) is 9.58. The second-order valence-electron chi connectivity index (χ2n) is 4.21. The Morgan fingerprint density at radius 3 is 2.75 bits per heavy atom. The second kappa shape index (κ2) is 7.89. The van der Waals surface area contributed by atoms with Gasteiger partial charge in [-0.05, 0) is 12.1 Å². The van der Waals surface area contributed by atoms with Crippen molar-refractivity contribution in [2.75, 3.05) is 18.4 Å². The maximum Gasteiger partial charge on any atom is 0.230 e. The predicted molar refractivity (Wildman–Crippen MR) is 67.7 cm³/mol. The predicted octanol–water partition coefficient (Wildman–Crippen LogP) is -3.19. The molecule has 0 bridgehead atoms. The number of carbonyl (C=O) groups is 2. The van der Waals surface area contributed by atoms with Gasteiger partial charge in [-0.1, -0.05) is 12.1 Å². The summed E-state index contributed by atoms with van der Waals surface area (Å²) in [6.45, 7) is 1.06. The minimum atomic E-state index is -1.29. The van der Waals surface area contributed by atoms with Crippen LogP contribution in [-0.4, -0.2) is 31.0 Å². The van der Waals surface area contributed by atoms with Crippen LogP contribution in [-0.2, 0) is 9.59 Å². The minimum Gasteiger partial charge on any atom is -0.544 e. The number of hydrogen-bond donors (Lipinski definition) is 3. The number of carbonyl (C=O) groups excluding carboxylic acids is 2. The Bertz CT molecular complexity index is 525. The molecule has 0 radical (unpaired) electrons. The number of hydrogen-bond acceptors (Lipinski definition) is 4. The highest BCUT2D eigenvalue weighted by atomic mass is 16.4. The van der Waals surface area contributed by atoms with Gasteiger partial charge in [-0.2, -0.15) is 5.26 Å². The highest BCUT2D eigenvalue weighted by molar-refractivity contribution is 5.94. The third-order valence-corrected chi connectivity index (χ3v) is 2.68. The SMILES string of the molecule is N#Cc1ccccc1NC(=O)C[C@@H]([NH2+]CC[NH3+])C(=O)[O-]. The van der Waals surface area contributed by atoms with Crippen LogP contribution in [0.5, 0.6) is 0 Å². The molecule has 0 heterocycles. The molecule has 106 valence electrons. The van der Waals surface area contributed by atoms with Crippen molar-refractivity contribution in [3.63, 3.8) is 0 Å². The maximum absolute atomic E-state index is 11.8. The fourth-order valence-corrected chi connectivity index (χ4v) is 1.67. The molecule has 0 aliphatic carbocycles. The fraction of sp³-hybridized carbons (Fsp3) is 0.308. The molecule has 0 aliphatic heterocycles. The number of nitrogens with zero attached hydrogens (tertiary/aromatic N) is 1. The molecule has 1 atom stereocenters. The summed E-state index contributed by atoms with van der Waals surface area (Å²) in [6.07, 6.45) is -0.220. The Balaban J connectivity index is 2.66. The molecule has 0 aromatic heterocycles. The zero-order valence-corrected chi connectivity index (χ0v) is 11.0. The van der Waals surface area contributed by atoms with Crippen LogP contribution in [0.25, 0.3) is 0 Å². The van der Waals surface area contributed by atoms with Gasteiger partial charge in [-0.15, -0.1) is 0 Å². The number of carboxylic acids is 1. The summed E-state index contributed by atoms with van der Waals surface area (Å²) < 4.78 is 0. The van der Waals surface area contributed by atoms with E-state index in [1.807, 2.05) is 6.07 Å². The molecular formula is C13H17N4O3+. The summed E-state index contributed by atoms with van der Waals surface area (Å²) in [5.74, 6) is -1.76. The van der Waals surface area contributed by atoms with E-state index in [1.165, 1.54) is 5.32 Å². The van der Waals surface area contributed by atoms with Crippen LogP contribution in [0, 0.1) is 11.3 Å². The molecule has 0 saturated heterocycles. The van der Waals surface area contributed by atoms with Crippen LogP contribution in [0.1, 0.15) is 12.0 Å². The molecule has 1 rings (SSSR count). The summed E-state index contributed by atoms with van der Waals surface area (Å²) in [7, 11) is 0. The number of aliphatic carboxylic acids is 1. The summed E-state index contributed by atoms with van der Waals surface area (Å²) in [4.78, 5) is 22.7. The number of amides is 1. The molecule has 20 heavy (non-hydrogen) atoms. The van der Waals surface area contributed by atoms with Crippen molar-refractivity contribution in [2.24, 2.45) is 0 Å². The molecule has 1 aromatic carbocycles. The van der Waals surface area contributed by atoms with Gasteiger partial charge in [-0.3, -0.25) is 4.79 Å². The number of anilines is 1. The van der Waals surface area contributed by atoms with Crippen LogP contribution in [0.15, 0.2) is 24.3 Å². The van der Waals surface area contributed by atoms with Crippen molar-refractivity contribution < 1.29 is 25.7 Å². The summed E-state index contributed by atoms with van der Waals surface area (Å²) in [5.41, 5.74) is 4.30.